The van der Waals surface area contributed by atoms with E-state index in [1.54, 1.807) is 10.8 Å². The molecule has 0 radical (unpaired) electrons. The Balaban J connectivity index is 1.96. The van der Waals surface area contributed by atoms with Crippen LogP contribution in [0.3, 0.4) is 0 Å². The molecule has 27 heavy (non-hydrogen) atoms. The third kappa shape index (κ3) is 3.52. The summed E-state index contributed by atoms with van der Waals surface area (Å²) >= 11 is 0. The molecule has 0 saturated carbocycles. The summed E-state index contributed by atoms with van der Waals surface area (Å²) in [7, 11) is 2.48. The Kier molecular flexibility index (Phi) is 4.93. The van der Waals surface area contributed by atoms with Crippen LogP contribution in [0, 0.1) is 0 Å². The summed E-state index contributed by atoms with van der Waals surface area (Å²) in [6.45, 7) is -0.461. The number of para-hydroxylation sites is 1. The molecule has 9 heteroatoms. The van der Waals surface area contributed by atoms with Crippen molar-refractivity contribution in [2.75, 3.05) is 20.8 Å². The topological polar surface area (TPSA) is 107 Å². The third-order valence-electron chi connectivity index (χ3n) is 4.12. The van der Waals surface area contributed by atoms with Crippen molar-refractivity contribution in [3.05, 3.63) is 41.7 Å². The highest BCUT2D eigenvalue weighted by Crippen LogP contribution is 2.24. The van der Waals surface area contributed by atoms with Gasteiger partial charge >= 0.3 is 18.0 Å². The van der Waals surface area contributed by atoms with E-state index >= 15 is 0 Å². The van der Waals surface area contributed by atoms with Crippen LogP contribution in [0.1, 0.15) is 5.56 Å². The van der Waals surface area contributed by atoms with E-state index in [0.717, 1.165) is 15.8 Å². The number of methoxy groups -OCH3 is 2. The lowest BCUT2D eigenvalue weighted by atomic mass is 10.1. The Morgan fingerprint density at radius 3 is 2.44 bits per heavy atom. The summed E-state index contributed by atoms with van der Waals surface area (Å²) < 4.78 is 10.9. The quantitative estimate of drug-likeness (QED) is 0.475. The standard InChI is InChI=1S/C18H17N3O6/c1-26-15(22)9-20-8-11(12-5-3-4-6-14(12)20)7-13-17(24)21(18(25)19-13)10-16(23)27-2/h3-8H,9-10H2,1-2H3,(H,19,25). The average molecular weight is 371 g/mol. The van der Waals surface area contributed by atoms with E-state index in [2.05, 4.69) is 10.1 Å². The number of carbonyl (C=O) groups excluding carboxylic acids is 4. The maximum atomic E-state index is 12.4. The molecular weight excluding hydrogens is 354 g/mol. The maximum Gasteiger partial charge on any atom is 0.329 e. The minimum absolute atomic E-state index is 0.00889. The fourth-order valence-electron chi connectivity index (χ4n) is 2.79. The number of nitrogens with zero attached hydrogens (tertiary/aromatic N) is 2. The van der Waals surface area contributed by atoms with Crippen LogP contribution in [0.2, 0.25) is 0 Å². The molecule has 3 amide bonds. The second-order valence-corrected chi connectivity index (χ2v) is 5.76. The molecule has 2 aromatic rings. The first-order valence-electron chi connectivity index (χ1n) is 8.00. The molecule has 2 heterocycles. The highest BCUT2D eigenvalue weighted by molar-refractivity contribution is 6.15. The van der Waals surface area contributed by atoms with Crippen molar-refractivity contribution in [1.29, 1.82) is 0 Å². The molecule has 1 N–H and O–H groups in total. The van der Waals surface area contributed by atoms with Crippen molar-refractivity contribution >= 4 is 40.9 Å². The molecule has 1 aromatic carbocycles. The number of imide groups is 1. The van der Waals surface area contributed by atoms with Gasteiger partial charge in [0.25, 0.3) is 5.91 Å². The lowest BCUT2D eigenvalue weighted by Crippen LogP contribution is -2.36. The van der Waals surface area contributed by atoms with E-state index in [0.29, 0.717) is 5.56 Å². The number of amides is 3. The summed E-state index contributed by atoms with van der Waals surface area (Å²) in [5.74, 6) is -1.74. The molecule has 0 unspecified atom stereocenters. The first-order chi connectivity index (χ1) is 12.9. The van der Waals surface area contributed by atoms with E-state index < -0.39 is 30.4 Å². The van der Waals surface area contributed by atoms with Gasteiger partial charge in [0.2, 0.25) is 0 Å². The molecule has 1 aliphatic heterocycles. The van der Waals surface area contributed by atoms with Gasteiger partial charge in [-0.15, -0.1) is 0 Å². The predicted molar refractivity (Wildman–Crippen MR) is 94.2 cm³/mol. The minimum atomic E-state index is -0.700. The van der Waals surface area contributed by atoms with Gasteiger partial charge in [-0.2, -0.15) is 0 Å². The van der Waals surface area contributed by atoms with Gasteiger partial charge in [-0.3, -0.25) is 14.4 Å². The molecule has 0 aliphatic carbocycles. The van der Waals surface area contributed by atoms with Gasteiger partial charge in [-0.25, -0.2) is 9.69 Å². The SMILES string of the molecule is COC(=O)CN1C(=O)NC(=Cc2cn(CC(=O)OC)c3ccccc23)C1=O. The fourth-order valence-corrected chi connectivity index (χ4v) is 2.79. The highest BCUT2D eigenvalue weighted by atomic mass is 16.5. The number of hydrogen-bond acceptors (Lipinski definition) is 6. The van der Waals surface area contributed by atoms with Crippen LogP contribution in [0.15, 0.2) is 36.2 Å². The lowest BCUT2D eigenvalue weighted by molar-refractivity contribution is -0.143. The summed E-state index contributed by atoms with van der Waals surface area (Å²) in [6, 6.07) is 6.62. The molecule has 140 valence electrons. The Bertz CT molecular complexity index is 975. The summed E-state index contributed by atoms with van der Waals surface area (Å²) in [6.07, 6.45) is 3.20. The Morgan fingerprint density at radius 2 is 1.74 bits per heavy atom. The Labute approximate surface area is 154 Å². The molecular formula is C18H17N3O6. The van der Waals surface area contributed by atoms with E-state index in [1.807, 2.05) is 24.3 Å². The first kappa shape index (κ1) is 18.2. The zero-order valence-electron chi connectivity index (χ0n) is 14.7. The molecule has 1 saturated heterocycles. The van der Waals surface area contributed by atoms with Crippen LogP contribution in [-0.2, 0) is 30.4 Å². The zero-order valence-corrected chi connectivity index (χ0v) is 14.7. The second-order valence-electron chi connectivity index (χ2n) is 5.76. The normalized spacial score (nSPS) is 15.3. The first-order valence-corrected chi connectivity index (χ1v) is 8.00. The van der Waals surface area contributed by atoms with Gasteiger partial charge in [-0.1, -0.05) is 18.2 Å². The predicted octanol–water partition coefficient (Wildman–Crippen LogP) is 0.880. The summed E-state index contributed by atoms with van der Waals surface area (Å²) in [4.78, 5) is 48.2. The number of esters is 2. The van der Waals surface area contributed by atoms with E-state index in [-0.39, 0.29) is 12.2 Å². The average Bonchev–Trinajstić information content (AvgIpc) is 3.14. The Hall–Kier alpha value is -3.62. The van der Waals surface area contributed by atoms with E-state index in [9.17, 15) is 19.2 Å². The second kappa shape index (κ2) is 7.32. The number of fused-ring (bicyclic) bond motifs is 1. The van der Waals surface area contributed by atoms with Crippen molar-refractivity contribution in [1.82, 2.24) is 14.8 Å². The number of hydrogen-bond donors (Lipinski definition) is 1. The number of aromatic nitrogens is 1. The molecule has 1 aromatic heterocycles. The van der Waals surface area contributed by atoms with Gasteiger partial charge in [0, 0.05) is 22.7 Å². The van der Waals surface area contributed by atoms with Gasteiger partial charge in [0.1, 0.15) is 18.8 Å². The van der Waals surface area contributed by atoms with E-state index in [1.165, 1.54) is 20.3 Å². The van der Waals surface area contributed by atoms with Crippen LogP contribution < -0.4 is 5.32 Å². The highest BCUT2D eigenvalue weighted by Gasteiger charge is 2.35. The molecule has 0 atom stereocenters. The Morgan fingerprint density at radius 1 is 1.07 bits per heavy atom. The number of ether oxygens (including phenoxy) is 2. The van der Waals surface area contributed by atoms with Crippen LogP contribution in [-0.4, -0.2) is 54.1 Å². The molecule has 9 nitrogen and oxygen atoms in total. The summed E-state index contributed by atoms with van der Waals surface area (Å²) in [5.41, 5.74) is 1.45. The zero-order chi connectivity index (χ0) is 19.6. The fraction of sp³-hybridized carbons (Fsp3) is 0.222. The van der Waals surface area contributed by atoms with Crippen molar-refractivity contribution in [2.24, 2.45) is 0 Å². The van der Waals surface area contributed by atoms with Gasteiger partial charge in [0.05, 0.1) is 14.2 Å². The smallest absolute Gasteiger partial charge is 0.329 e. The van der Waals surface area contributed by atoms with Crippen molar-refractivity contribution in [3.63, 3.8) is 0 Å². The molecule has 1 fully saturated rings. The van der Waals surface area contributed by atoms with Crippen molar-refractivity contribution < 1.29 is 28.7 Å². The van der Waals surface area contributed by atoms with Crippen LogP contribution >= 0.6 is 0 Å². The molecule has 0 spiro atoms. The van der Waals surface area contributed by atoms with Crippen LogP contribution in [0.25, 0.3) is 17.0 Å². The summed E-state index contributed by atoms with van der Waals surface area (Å²) in [5, 5.41) is 3.24. The molecule has 0 bridgehead atoms. The van der Waals surface area contributed by atoms with E-state index in [4.69, 9.17) is 4.74 Å². The number of rotatable bonds is 5. The third-order valence-corrected chi connectivity index (χ3v) is 4.12. The lowest BCUT2D eigenvalue weighted by Gasteiger charge is -2.08. The molecule has 1 aliphatic rings. The van der Waals surface area contributed by atoms with Crippen molar-refractivity contribution in [3.8, 4) is 0 Å². The monoisotopic (exact) mass is 371 g/mol. The number of urea groups is 1. The van der Waals surface area contributed by atoms with Gasteiger partial charge in [-0.05, 0) is 12.1 Å². The number of carbonyl (C=O) groups is 4. The minimum Gasteiger partial charge on any atom is -0.468 e. The number of nitrogens with one attached hydrogen (secondary N) is 1. The van der Waals surface area contributed by atoms with Crippen molar-refractivity contribution in [2.45, 2.75) is 6.54 Å². The van der Waals surface area contributed by atoms with Gasteiger partial charge in [0.15, 0.2) is 0 Å². The largest absolute Gasteiger partial charge is 0.468 e. The van der Waals surface area contributed by atoms with Gasteiger partial charge < -0.3 is 19.4 Å². The van der Waals surface area contributed by atoms with Crippen LogP contribution in [0.4, 0.5) is 4.79 Å². The maximum absolute atomic E-state index is 12.4. The molecule has 3 rings (SSSR count). The number of benzene rings is 1. The van der Waals surface area contributed by atoms with Crippen LogP contribution in [0.5, 0.6) is 0 Å².